The lowest BCUT2D eigenvalue weighted by atomic mass is 10.0. The van der Waals surface area contributed by atoms with Crippen LogP contribution in [0.25, 0.3) is 11.4 Å². The van der Waals surface area contributed by atoms with Crippen molar-refractivity contribution in [2.75, 3.05) is 0 Å². The zero-order valence-corrected chi connectivity index (χ0v) is 11.6. The Kier molecular flexibility index (Phi) is 3.58. The van der Waals surface area contributed by atoms with Crippen molar-refractivity contribution in [2.24, 2.45) is 7.05 Å². The van der Waals surface area contributed by atoms with Gasteiger partial charge in [0, 0.05) is 7.05 Å². The third kappa shape index (κ3) is 2.55. The van der Waals surface area contributed by atoms with Gasteiger partial charge in [0.1, 0.15) is 5.69 Å². The monoisotopic (exact) mass is 279 g/mol. The molecule has 8 heteroatoms. The summed E-state index contributed by atoms with van der Waals surface area (Å²) in [7, 11) is 1.75. The van der Waals surface area contributed by atoms with E-state index in [1.54, 1.807) is 31.1 Å². The molecule has 1 unspecified atom stereocenters. The quantitative estimate of drug-likeness (QED) is 0.827. The van der Waals surface area contributed by atoms with Crippen LogP contribution in [0.3, 0.4) is 0 Å². The summed E-state index contributed by atoms with van der Waals surface area (Å²) in [6, 6.07) is 0. The molecule has 0 spiro atoms. The Bertz CT molecular complexity index is 629. The first-order chi connectivity index (χ1) is 9.35. The van der Waals surface area contributed by atoms with Gasteiger partial charge in [-0.15, -0.1) is 5.10 Å². The zero-order chi connectivity index (χ0) is 14.9. The highest BCUT2D eigenvalue weighted by Crippen LogP contribution is 2.23. The van der Waals surface area contributed by atoms with Crippen LogP contribution >= 0.6 is 0 Å². The lowest BCUT2D eigenvalue weighted by Crippen LogP contribution is -2.30. The van der Waals surface area contributed by atoms with Gasteiger partial charge in [0.2, 0.25) is 0 Å². The van der Waals surface area contributed by atoms with Crippen molar-refractivity contribution < 1.29 is 15.0 Å². The predicted molar refractivity (Wildman–Crippen MR) is 70.1 cm³/mol. The molecule has 2 heterocycles. The van der Waals surface area contributed by atoms with Crippen LogP contribution < -0.4 is 0 Å². The van der Waals surface area contributed by atoms with E-state index in [2.05, 4.69) is 15.3 Å². The fourth-order valence-electron chi connectivity index (χ4n) is 1.84. The van der Waals surface area contributed by atoms with E-state index in [1.807, 2.05) is 6.92 Å². The van der Waals surface area contributed by atoms with Crippen LogP contribution in [0.15, 0.2) is 12.5 Å². The van der Waals surface area contributed by atoms with Crippen LogP contribution in [0.1, 0.15) is 30.8 Å². The Morgan fingerprint density at radius 1 is 1.50 bits per heavy atom. The van der Waals surface area contributed by atoms with Crippen molar-refractivity contribution in [2.45, 2.75) is 32.4 Å². The summed E-state index contributed by atoms with van der Waals surface area (Å²) in [6.07, 6.45) is 3.62. The number of aromatic nitrogens is 5. The van der Waals surface area contributed by atoms with Gasteiger partial charge in [0.05, 0.1) is 30.4 Å². The highest BCUT2D eigenvalue weighted by Gasteiger charge is 2.27. The third-order valence-electron chi connectivity index (χ3n) is 3.25. The van der Waals surface area contributed by atoms with Crippen LogP contribution in [-0.4, -0.2) is 46.3 Å². The number of imidazole rings is 1. The maximum atomic E-state index is 11.3. The van der Waals surface area contributed by atoms with E-state index in [0.717, 1.165) is 0 Å². The van der Waals surface area contributed by atoms with Gasteiger partial charge in [0.25, 0.3) is 0 Å². The van der Waals surface area contributed by atoms with Crippen LogP contribution in [0.4, 0.5) is 0 Å². The van der Waals surface area contributed by atoms with Gasteiger partial charge in [-0.1, -0.05) is 12.1 Å². The van der Waals surface area contributed by atoms with Crippen LogP contribution in [-0.2, 0) is 13.6 Å². The Morgan fingerprint density at radius 2 is 2.20 bits per heavy atom. The van der Waals surface area contributed by atoms with Gasteiger partial charge >= 0.3 is 5.97 Å². The van der Waals surface area contributed by atoms with E-state index in [-0.39, 0.29) is 12.2 Å². The molecule has 2 aromatic rings. The summed E-state index contributed by atoms with van der Waals surface area (Å²) in [5.74, 6) is -1.16. The van der Waals surface area contributed by atoms with Gasteiger partial charge < -0.3 is 14.8 Å². The first-order valence-corrected chi connectivity index (χ1v) is 6.21. The van der Waals surface area contributed by atoms with Crippen LogP contribution in [0.2, 0.25) is 0 Å². The normalized spacial score (nSPS) is 14.2. The van der Waals surface area contributed by atoms with Gasteiger partial charge in [-0.05, 0) is 13.3 Å². The van der Waals surface area contributed by atoms with Crippen molar-refractivity contribution in [3.05, 3.63) is 18.2 Å². The minimum absolute atomic E-state index is 0.152. The molecule has 0 aromatic carbocycles. The molecule has 108 valence electrons. The smallest absolute Gasteiger partial charge is 0.358 e. The molecule has 0 radical (unpaired) electrons. The van der Waals surface area contributed by atoms with E-state index in [9.17, 15) is 15.0 Å². The topological polar surface area (TPSA) is 106 Å². The highest BCUT2D eigenvalue weighted by molar-refractivity contribution is 5.92. The van der Waals surface area contributed by atoms with Crippen molar-refractivity contribution in [1.82, 2.24) is 24.5 Å². The number of aromatic carboxylic acids is 1. The lowest BCUT2D eigenvalue weighted by molar-refractivity contribution is 0.0344. The number of carboxylic acids is 1. The molecule has 0 aliphatic carbocycles. The average Bonchev–Trinajstić information content (AvgIpc) is 2.95. The second-order valence-corrected chi connectivity index (χ2v) is 4.99. The maximum absolute atomic E-state index is 11.3. The Morgan fingerprint density at radius 3 is 2.70 bits per heavy atom. The van der Waals surface area contributed by atoms with Gasteiger partial charge in [0.15, 0.2) is 5.69 Å². The fraction of sp³-hybridized carbons (Fsp3) is 0.500. The summed E-state index contributed by atoms with van der Waals surface area (Å²) in [6.45, 7) is 3.67. The summed E-state index contributed by atoms with van der Waals surface area (Å²) < 4.78 is 3.09. The molecule has 20 heavy (non-hydrogen) atoms. The van der Waals surface area contributed by atoms with E-state index in [0.29, 0.717) is 17.8 Å². The summed E-state index contributed by atoms with van der Waals surface area (Å²) in [5, 5.41) is 26.9. The summed E-state index contributed by atoms with van der Waals surface area (Å²) in [4.78, 5) is 15.2. The molecule has 0 saturated heterocycles. The molecule has 0 aliphatic heterocycles. The van der Waals surface area contributed by atoms with E-state index < -0.39 is 11.6 Å². The fourth-order valence-corrected chi connectivity index (χ4v) is 1.84. The standard InChI is InChI=1S/C12H17N5O3/c1-4-12(2,20)6-17-10(8-5-13-7-16(8)3)9(11(18)19)14-15-17/h5,7,20H,4,6H2,1-3H3,(H,18,19). The van der Waals surface area contributed by atoms with E-state index in [4.69, 9.17) is 0 Å². The maximum Gasteiger partial charge on any atom is 0.358 e. The number of rotatable bonds is 5. The first kappa shape index (κ1) is 14.2. The number of carbonyl (C=O) groups is 1. The van der Waals surface area contributed by atoms with Crippen molar-refractivity contribution in [3.63, 3.8) is 0 Å². The number of aliphatic hydroxyl groups is 1. The van der Waals surface area contributed by atoms with Crippen molar-refractivity contribution >= 4 is 5.97 Å². The number of carboxylic acid groups (broad SMARTS) is 1. The highest BCUT2D eigenvalue weighted by atomic mass is 16.4. The molecule has 8 nitrogen and oxygen atoms in total. The molecule has 1 atom stereocenters. The van der Waals surface area contributed by atoms with E-state index in [1.165, 1.54) is 4.68 Å². The van der Waals surface area contributed by atoms with Crippen molar-refractivity contribution in [3.8, 4) is 11.4 Å². The first-order valence-electron chi connectivity index (χ1n) is 6.21. The molecule has 2 aromatic heterocycles. The summed E-state index contributed by atoms with van der Waals surface area (Å²) in [5.41, 5.74) is -0.220. The molecular formula is C12H17N5O3. The number of hydrogen-bond acceptors (Lipinski definition) is 5. The molecule has 0 fully saturated rings. The minimum Gasteiger partial charge on any atom is -0.476 e. The Balaban J connectivity index is 2.54. The number of aryl methyl sites for hydroxylation is 1. The molecular weight excluding hydrogens is 262 g/mol. The molecule has 0 saturated carbocycles. The molecule has 0 amide bonds. The summed E-state index contributed by atoms with van der Waals surface area (Å²) >= 11 is 0. The zero-order valence-electron chi connectivity index (χ0n) is 11.6. The van der Waals surface area contributed by atoms with E-state index >= 15 is 0 Å². The van der Waals surface area contributed by atoms with Crippen LogP contribution in [0.5, 0.6) is 0 Å². The average molecular weight is 279 g/mol. The van der Waals surface area contributed by atoms with Gasteiger partial charge in [-0.3, -0.25) is 0 Å². The molecule has 2 N–H and O–H groups in total. The SMILES string of the molecule is CCC(C)(O)Cn1nnc(C(=O)O)c1-c1cncn1C. The lowest BCUT2D eigenvalue weighted by Gasteiger charge is -2.21. The van der Waals surface area contributed by atoms with Crippen molar-refractivity contribution in [1.29, 1.82) is 0 Å². The Hall–Kier alpha value is -2.22. The van der Waals surface area contributed by atoms with Gasteiger partial charge in [-0.2, -0.15) is 0 Å². The number of nitrogens with zero attached hydrogens (tertiary/aromatic N) is 5. The second kappa shape index (κ2) is 5.04. The number of hydrogen-bond donors (Lipinski definition) is 2. The van der Waals surface area contributed by atoms with Crippen LogP contribution in [0, 0.1) is 0 Å². The molecule has 0 bridgehead atoms. The largest absolute Gasteiger partial charge is 0.476 e. The second-order valence-electron chi connectivity index (χ2n) is 4.99. The third-order valence-corrected chi connectivity index (χ3v) is 3.25. The Labute approximate surface area is 115 Å². The van der Waals surface area contributed by atoms with Gasteiger partial charge in [-0.25, -0.2) is 14.5 Å². The minimum atomic E-state index is -1.16. The predicted octanol–water partition coefficient (Wildman–Crippen LogP) is 0.538. The molecule has 2 rings (SSSR count). The molecule has 0 aliphatic rings.